The fraction of sp³-hybridized carbons (Fsp3) is 0.0714. The number of nitrogen functional groups attached to an aromatic ring is 1. The number of nitrogens with two attached hydrogens (primary N) is 1. The monoisotopic (exact) mass is 357 g/mol. The fourth-order valence-electron chi connectivity index (χ4n) is 1.62. The van der Waals surface area contributed by atoms with Crippen LogP contribution in [-0.2, 0) is 4.74 Å². The Bertz CT molecular complexity index is 707. The molecule has 0 atom stereocenters. The van der Waals surface area contributed by atoms with Gasteiger partial charge in [0, 0.05) is 10.2 Å². The molecule has 0 spiro atoms. The summed E-state index contributed by atoms with van der Waals surface area (Å²) in [6.07, 6.45) is 0. The number of hydrogen-bond donors (Lipinski definition) is 1. The molecule has 21 heavy (non-hydrogen) atoms. The van der Waals surface area contributed by atoms with Gasteiger partial charge in [-0.15, -0.1) is 0 Å². The zero-order chi connectivity index (χ0) is 15.6. The molecule has 0 aliphatic heterocycles. The van der Waals surface area contributed by atoms with Gasteiger partial charge in [0.05, 0.1) is 12.7 Å². The van der Waals surface area contributed by atoms with E-state index in [2.05, 4.69) is 20.7 Å². The number of benzene rings is 2. The summed E-state index contributed by atoms with van der Waals surface area (Å²) in [7, 11) is 1.21. The minimum Gasteiger partial charge on any atom is -0.465 e. The number of ether oxygens (including phenoxy) is 2. The van der Waals surface area contributed by atoms with Crippen LogP contribution in [0.15, 0.2) is 34.8 Å². The number of carbonyl (C=O) groups excluding carboxylic acids is 1. The van der Waals surface area contributed by atoms with Gasteiger partial charge < -0.3 is 15.2 Å². The molecule has 0 aromatic heterocycles. The minimum atomic E-state index is -1.13. The van der Waals surface area contributed by atoms with E-state index in [1.165, 1.54) is 31.4 Å². The van der Waals surface area contributed by atoms with Crippen LogP contribution in [0.1, 0.15) is 10.4 Å². The van der Waals surface area contributed by atoms with Crippen LogP contribution in [0, 0.1) is 11.6 Å². The Morgan fingerprint density at radius 1 is 1.24 bits per heavy atom. The van der Waals surface area contributed by atoms with Gasteiger partial charge in [-0.05, 0) is 30.3 Å². The van der Waals surface area contributed by atoms with E-state index in [4.69, 9.17) is 10.5 Å². The molecule has 0 saturated heterocycles. The van der Waals surface area contributed by atoms with Crippen LogP contribution in [0.2, 0.25) is 0 Å². The molecular formula is C14H10BrF2NO3. The van der Waals surface area contributed by atoms with Gasteiger partial charge >= 0.3 is 5.97 Å². The summed E-state index contributed by atoms with van der Waals surface area (Å²) in [6, 6.07) is 6.38. The Balaban J connectivity index is 2.39. The van der Waals surface area contributed by atoms with Crippen molar-refractivity contribution in [3.05, 3.63) is 52.0 Å². The van der Waals surface area contributed by atoms with E-state index < -0.39 is 17.6 Å². The zero-order valence-electron chi connectivity index (χ0n) is 10.8. The van der Waals surface area contributed by atoms with Crippen molar-refractivity contribution in [2.75, 3.05) is 12.8 Å². The van der Waals surface area contributed by atoms with Crippen LogP contribution in [0.25, 0.3) is 0 Å². The second kappa shape index (κ2) is 6.09. The van der Waals surface area contributed by atoms with Gasteiger partial charge in [0.1, 0.15) is 5.75 Å². The standard InChI is InChI=1S/C14H10BrF2NO3/c1-20-14(19)9-6-8(2-3-11(9)18)21-12-5-7(15)4-10(16)13(12)17/h2-6H,18H2,1H3. The molecule has 0 aliphatic carbocycles. The molecule has 0 saturated carbocycles. The van der Waals surface area contributed by atoms with Crippen molar-refractivity contribution in [2.45, 2.75) is 0 Å². The van der Waals surface area contributed by atoms with Crippen molar-refractivity contribution in [1.82, 2.24) is 0 Å². The van der Waals surface area contributed by atoms with Crippen molar-refractivity contribution in [1.29, 1.82) is 0 Å². The number of rotatable bonds is 3. The molecule has 0 aliphatic rings. The Kier molecular flexibility index (Phi) is 4.42. The predicted molar refractivity (Wildman–Crippen MR) is 76.3 cm³/mol. The lowest BCUT2D eigenvalue weighted by Crippen LogP contribution is -2.05. The van der Waals surface area contributed by atoms with Gasteiger partial charge in [-0.3, -0.25) is 0 Å². The fourth-order valence-corrected chi connectivity index (χ4v) is 2.03. The lowest BCUT2D eigenvalue weighted by Gasteiger charge is -2.10. The first-order chi connectivity index (χ1) is 9.92. The maximum atomic E-state index is 13.6. The highest BCUT2D eigenvalue weighted by molar-refractivity contribution is 9.10. The van der Waals surface area contributed by atoms with E-state index >= 15 is 0 Å². The minimum absolute atomic E-state index is 0.0749. The third-order valence-electron chi connectivity index (χ3n) is 2.62. The smallest absolute Gasteiger partial charge is 0.340 e. The molecule has 7 heteroatoms. The molecule has 0 fully saturated rings. The summed E-state index contributed by atoms with van der Waals surface area (Å²) >= 11 is 3.04. The van der Waals surface area contributed by atoms with E-state index in [1.54, 1.807) is 0 Å². The summed E-state index contributed by atoms with van der Waals surface area (Å²) in [6.45, 7) is 0. The quantitative estimate of drug-likeness (QED) is 0.514. The van der Waals surface area contributed by atoms with Crippen LogP contribution in [-0.4, -0.2) is 13.1 Å². The van der Waals surface area contributed by atoms with Gasteiger partial charge in [0.2, 0.25) is 5.82 Å². The molecule has 0 radical (unpaired) electrons. The van der Waals surface area contributed by atoms with E-state index in [9.17, 15) is 13.6 Å². The number of anilines is 1. The normalized spacial score (nSPS) is 10.3. The van der Waals surface area contributed by atoms with Crippen molar-refractivity contribution >= 4 is 27.6 Å². The average Bonchev–Trinajstić information content (AvgIpc) is 2.45. The molecule has 0 bridgehead atoms. The third-order valence-corrected chi connectivity index (χ3v) is 3.08. The Hall–Kier alpha value is -2.15. The van der Waals surface area contributed by atoms with Crippen molar-refractivity contribution in [3.63, 3.8) is 0 Å². The lowest BCUT2D eigenvalue weighted by molar-refractivity contribution is 0.0601. The Morgan fingerprint density at radius 3 is 2.62 bits per heavy atom. The van der Waals surface area contributed by atoms with Crippen LogP contribution < -0.4 is 10.5 Å². The van der Waals surface area contributed by atoms with Gasteiger partial charge in [-0.1, -0.05) is 15.9 Å². The summed E-state index contributed by atoms with van der Waals surface area (Å²) in [5.74, 6) is -3.03. The molecule has 110 valence electrons. The molecule has 0 heterocycles. The first kappa shape index (κ1) is 15.2. The topological polar surface area (TPSA) is 61.5 Å². The molecule has 2 rings (SSSR count). The van der Waals surface area contributed by atoms with E-state index in [0.717, 1.165) is 6.07 Å². The number of halogens is 3. The first-order valence-electron chi connectivity index (χ1n) is 5.72. The lowest BCUT2D eigenvalue weighted by atomic mass is 10.1. The average molecular weight is 358 g/mol. The van der Waals surface area contributed by atoms with E-state index in [-0.39, 0.29) is 22.7 Å². The summed E-state index contributed by atoms with van der Waals surface area (Å²) in [5.41, 5.74) is 5.90. The van der Waals surface area contributed by atoms with E-state index in [0.29, 0.717) is 4.47 Å². The molecule has 2 aromatic carbocycles. The van der Waals surface area contributed by atoms with Crippen LogP contribution in [0.3, 0.4) is 0 Å². The SMILES string of the molecule is COC(=O)c1cc(Oc2cc(Br)cc(F)c2F)ccc1N. The summed E-state index contributed by atoms with van der Waals surface area (Å²) in [4.78, 5) is 11.5. The summed E-state index contributed by atoms with van der Waals surface area (Å²) < 4.78 is 37.1. The van der Waals surface area contributed by atoms with Gasteiger partial charge in [-0.25, -0.2) is 9.18 Å². The first-order valence-corrected chi connectivity index (χ1v) is 6.52. The van der Waals surface area contributed by atoms with Crippen molar-refractivity contribution in [2.24, 2.45) is 0 Å². The Morgan fingerprint density at radius 2 is 1.95 bits per heavy atom. The van der Waals surface area contributed by atoms with Crippen LogP contribution in [0.5, 0.6) is 11.5 Å². The number of carbonyl (C=O) groups is 1. The highest BCUT2D eigenvalue weighted by Crippen LogP contribution is 2.31. The molecular weight excluding hydrogens is 348 g/mol. The van der Waals surface area contributed by atoms with Crippen LogP contribution >= 0.6 is 15.9 Å². The highest BCUT2D eigenvalue weighted by Gasteiger charge is 2.15. The molecule has 0 amide bonds. The summed E-state index contributed by atoms with van der Waals surface area (Å²) in [5, 5.41) is 0. The van der Waals surface area contributed by atoms with Gasteiger partial charge in [0.25, 0.3) is 0 Å². The van der Waals surface area contributed by atoms with Gasteiger partial charge in [0.15, 0.2) is 11.6 Å². The Labute approximate surface area is 127 Å². The van der Waals surface area contributed by atoms with Gasteiger partial charge in [-0.2, -0.15) is 4.39 Å². The largest absolute Gasteiger partial charge is 0.465 e. The van der Waals surface area contributed by atoms with E-state index in [1.807, 2.05) is 0 Å². The van der Waals surface area contributed by atoms with Crippen molar-refractivity contribution < 1.29 is 23.0 Å². The number of methoxy groups -OCH3 is 1. The highest BCUT2D eigenvalue weighted by atomic mass is 79.9. The third kappa shape index (κ3) is 3.30. The molecule has 2 N–H and O–H groups in total. The number of hydrogen-bond acceptors (Lipinski definition) is 4. The zero-order valence-corrected chi connectivity index (χ0v) is 12.4. The second-order valence-electron chi connectivity index (χ2n) is 4.04. The molecule has 0 unspecified atom stereocenters. The maximum absolute atomic E-state index is 13.6. The number of esters is 1. The molecule has 4 nitrogen and oxygen atoms in total. The van der Waals surface area contributed by atoms with Crippen molar-refractivity contribution in [3.8, 4) is 11.5 Å². The maximum Gasteiger partial charge on any atom is 0.340 e. The van der Waals surface area contributed by atoms with Crippen LogP contribution in [0.4, 0.5) is 14.5 Å². The predicted octanol–water partition coefficient (Wildman–Crippen LogP) is 3.89. The molecule has 2 aromatic rings. The second-order valence-corrected chi connectivity index (χ2v) is 4.96.